The van der Waals surface area contributed by atoms with Crippen molar-refractivity contribution in [3.63, 3.8) is 0 Å². The van der Waals surface area contributed by atoms with Gasteiger partial charge in [-0.25, -0.2) is 4.98 Å². The molecule has 1 aromatic heterocycles. The Morgan fingerprint density at radius 2 is 1.91 bits per heavy atom. The van der Waals surface area contributed by atoms with Crippen LogP contribution in [-0.2, 0) is 0 Å². The number of carbonyl (C=O) groups is 1. The highest BCUT2D eigenvalue weighted by Gasteiger charge is 2.21. The summed E-state index contributed by atoms with van der Waals surface area (Å²) in [6, 6.07) is 6.76. The normalized spacial score (nSPS) is 11.5. The van der Waals surface area contributed by atoms with Gasteiger partial charge in [-0.2, -0.15) is 0 Å². The number of allylic oxidation sites excluding steroid dienone is 1. The second kappa shape index (κ2) is 7.67. The van der Waals surface area contributed by atoms with E-state index in [0.717, 1.165) is 0 Å². The van der Waals surface area contributed by atoms with Crippen molar-refractivity contribution in [2.45, 2.75) is 0 Å². The van der Waals surface area contributed by atoms with Crippen molar-refractivity contribution in [2.24, 2.45) is 0 Å². The lowest BCUT2D eigenvalue weighted by Gasteiger charge is -2.14. The average molecular weight is 435 g/mol. The van der Waals surface area contributed by atoms with Gasteiger partial charge in [0.2, 0.25) is 0 Å². The van der Waals surface area contributed by atoms with Crippen LogP contribution < -0.4 is 0 Å². The van der Waals surface area contributed by atoms with Crippen LogP contribution in [0.4, 0.5) is 0 Å². The largest absolute Gasteiger partial charge is 0.383 e. The molecule has 0 N–H and O–H groups in total. The maximum atomic E-state index is 13.0. The molecule has 7 heteroatoms. The Bertz CT molecular complexity index is 791. The number of nitrogens with zero attached hydrogens (tertiary/aromatic N) is 2. The lowest BCUT2D eigenvalue weighted by molar-refractivity contribution is 0.105. The maximum absolute atomic E-state index is 13.0. The molecule has 1 aromatic carbocycles. The summed E-state index contributed by atoms with van der Waals surface area (Å²) in [7, 11) is 3.62. The summed E-state index contributed by atoms with van der Waals surface area (Å²) in [6.45, 7) is 0. The summed E-state index contributed by atoms with van der Waals surface area (Å²) < 4.78 is 0.659. The van der Waals surface area contributed by atoms with Crippen LogP contribution in [0.15, 0.2) is 41.1 Å². The number of carbonyl (C=O) groups excluding carboxylic acids is 1. The Morgan fingerprint density at radius 3 is 2.57 bits per heavy atom. The van der Waals surface area contributed by atoms with Gasteiger partial charge in [-0.3, -0.25) is 4.79 Å². The second-order valence-electron chi connectivity index (χ2n) is 4.93. The predicted molar refractivity (Wildman–Crippen MR) is 99.4 cm³/mol. The van der Waals surface area contributed by atoms with Gasteiger partial charge >= 0.3 is 0 Å². The van der Waals surface area contributed by atoms with Crippen molar-refractivity contribution < 1.29 is 4.79 Å². The third-order valence-corrected chi connectivity index (χ3v) is 4.48. The van der Waals surface area contributed by atoms with Crippen molar-refractivity contribution in [2.75, 3.05) is 14.1 Å². The molecule has 0 aliphatic heterocycles. The third kappa shape index (κ3) is 4.27. The number of rotatable bonds is 4. The van der Waals surface area contributed by atoms with E-state index in [1.165, 1.54) is 6.20 Å². The van der Waals surface area contributed by atoms with Crippen molar-refractivity contribution in [3.05, 3.63) is 67.5 Å². The molecule has 120 valence electrons. The summed E-state index contributed by atoms with van der Waals surface area (Å²) in [5.41, 5.74) is 1.20. The van der Waals surface area contributed by atoms with E-state index in [1.54, 1.807) is 35.4 Å². The molecule has 0 aliphatic carbocycles. The first-order chi connectivity index (χ1) is 10.8. The second-order valence-corrected chi connectivity index (χ2v) is 6.99. The predicted octanol–water partition coefficient (Wildman–Crippen LogP) is 5.59. The molecule has 0 aliphatic rings. The van der Waals surface area contributed by atoms with Crippen molar-refractivity contribution in [1.82, 2.24) is 9.88 Å². The van der Waals surface area contributed by atoms with Crippen LogP contribution in [0, 0.1) is 0 Å². The molecule has 0 atom stereocenters. The zero-order valence-electron chi connectivity index (χ0n) is 12.3. The van der Waals surface area contributed by atoms with E-state index in [-0.39, 0.29) is 16.5 Å². The summed E-state index contributed by atoms with van der Waals surface area (Å²) >= 11 is 21.7. The number of hydrogen-bond acceptors (Lipinski definition) is 3. The fraction of sp³-hybridized carbons (Fsp3) is 0.125. The summed E-state index contributed by atoms with van der Waals surface area (Å²) in [5.74, 6) is -0.290. The van der Waals surface area contributed by atoms with Crippen LogP contribution in [0.5, 0.6) is 0 Å². The standard InChI is InChI=1S/C16H12BrCl3N2O/c1-22(2)8-12(10-4-3-5-13(18)14(10)19)15(23)11-6-9(17)7-21-16(11)20/h3-8H,1-2H3. The van der Waals surface area contributed by atoms with Gasteiger partial charge in [0.25, 0.3) is 0 Å². The fourth-order valence-electron chi connectivity index (χ4n) is 1.95. The molecule has 0 bridgehead atoms. The van der Waals surface area contributed by atoms with Gasteiger partial charge in [0.1, 0.15) is 5.15 Å². The van der Waals surface area contributed by atoms with Crippen LogP contribution in [-0.4, -0.2) is 29.8 Å². The number of benzene rings is 1. The van der Waals surface area contributed by atoms with E-state index in [0.29, 0.717) is 25.7 Å². The lowest BCUT2D eigenvalue weighted by Crippen LogP contribution is -2.10. The first-order valence-corrected chi connectivity index (χ1v) is 8.42. The van der Waals surface area contributed by atoms with Gasteiger partial charge in [0.05, 0.1) is 15.6 Å². The first kappa shape index (κ1) is 18.3. The highest BCUT2D eigenvalue weighted by molar-refractivity contribution is 9.10. The van der Waals surface area contributed by atoms with Gasteiger partial charge in [-0.15, -0.1) is 0 Å². The minimum Gasteiger partial charge on any atom is -0.383 e. The van der Waals surface area contributed by atoms with Crippen LogP contribution in [0.2, 0.25) is 15.2 Å². The summed E-state index contributed by atoms with van der Waals surface area (Å²) in [4.78, 5) is 18.7. The number of pyridine rings is 1. The van der Waals surface area contributed by atoms with E-state index in [4.69, 9.17) is 34.8 Å². The van der Waals surface area contributed by atoms with E-state index in [2.05, 4.69) is 20.9 Å². The Hall–Kier alpha value is -1.07. The molecule has 0 saturated carbocycles. The molecular formula is C16H12BrCl3N2O. The van der Waals surface area contributed by atoms with Gasteiger partial charge in [-0.05, 0) is 28.1 Å². The Morgan fingerprint density at radius 1 is 1.22 bits per heavy atom. The van der Waals surface area contributed by atoms with Crippen LogP contribution >= 0.6 is 50.7 Å². The topological polar surface area (TPSA) is 33.2 Å². The fourth-order valence-corrected chi connectivity index (χ4v) is 2.87. The average Bonchev–Trinajstić information content (AvgIpc) is 2.49. The van der Waals surface area contributed by atoms with Crippen LogP contribution in [0.3, 0.4) is 0 Å². The minimum atomic E-state index is -0.290. The van der Waals surface area contributed by atoms with Crippen molar-refractivity contribution in [3.8, 4) is 0 Å². The van der Waals surface area contributed by atoms with Crippen LogP contribution in [0.25, 0.3) is 5.57 Å². The molecule has 3 nitrogen and oxygen atoms in total. The van der Waals surface area contributed by atoms with Gasteiger partial charge in [0, 0.05) is 42.1 Å². The maximum Gasteiger partial charge on any atom is 0.198 e. The third-order valence-electron chi connectivity index (χ3n) is 2.92. The molecule has 1 heterocycles. The number of hydrogen-bond donors (Lipinski definition) is 0. The van der Waals surface area contributed by atoms with Gasteiger partial charge in [0.15, 0.2) is 5.78 Å². The Kier molecular flexibility index (Phi) is 6.09. The zero-order valence-corrected chi connectivity index (χ0v) is 16.1. The van der Waals surface area contributed by atoms with Crippen molar-refractivity contribution in [1.29, 1.82) is 0 Å². The molecule has 2 aromatic rings. The summed E-state index contributed by atoms with van der Waals surface area (Å²) in [6.07, 6.45) is 3.21. The highest BCUT2D eigenvalue weighted by atomic mass is 79.9. The SMILES string of the molecule is CN(C)C=C(C(=O)c1cc(Br)cnc1Cl)c1cccc(Cl)c1Cl. The molecule has 0 fully saturated rings. The molecule has 23 heavy (non-hydrogen) atoms. The molecule has 0 amide bonds. The highest BCUT2D eigenvalue weighted by Crippen LogP contribution is 2.33. The Labute approximate surface area is 158 Å². The van der Waals surface area contributed by atoms with Gasteiger partial charge < -0.3 is 4.90 Å². The monoisotopic (exact) mass is 432 g/mol. The molecule has 2 rings (SSSR count). The Balaban J connectivity index is 2.63. The zero-order chi connectivity index (χ0) is 17.1. The smallest absolute Gasteiger partial charge is 0.198 e. The minimum absolute atomic E-state index is 0.126. The number of ketones is 1. The lowest BCUT2D eigenvalue weighted by atomic mass is 9.98. The van der Waals surface area contributed by atoms with E-state index in [1.807, 2.05) is 14.1 Å². The number of halogens is 4. The number of aromatic nitrogens is 1. The molecule has 0 radical (unpaired) electrons. The first-order valence-electron chi connectivity index (χ1n) is 6.49. The van der Waals surface area contributed by atoms with E-state index >= 15 is 0 Å². The van der Waals surface area contributed by atoms with Crippen LogP contribution in [0.1, 0.15) is 15.9 Å². The quantitative estimate of drug-likeness (QED) is 0.357. The molecule has 0 unspecified atom stereocenters. The number of Topliss-reactive ketones (excluding diaryl/α,β-unsaturated/α-hetero) is 1. The summed E-state index contributed by atoms with van der Waals surface area (Å²) in [5, 5.41) is 0.816. The van der Waals surface area contributed by atoms with E-state index in [9.17, 15) is 4.79 Å². The van der Waals surface area contributed by atoms with Gasteiger partial charge in [-0.1, -0.05) is 46.9 Å². The molecular weight excluding hydrogens is 422 g/mol. The van der Waals surface area contributed by atoms with E-state index < -0.39 is 0 Å². The molecule has 0 saturated heterocycles. The van der Waals surface area contributed by atoms with Crippen molar-refractivity contribution >= 4 is 62.1 Å². The molecule has 0 spiro atoms.